The van der Waals surface area contributed by atoms with Gasteiger partial charge in [-0.3, -0.25) is 9.80 Å². The first-order valence-electron chi connectivity index (χ1n) is 8.93. The molecule has 3 rings (SSSR count). The van der Waals surface area contributed by atoms with E-state index in [4.69, 9.17) is 4.74 Å². The number of likely N-dealkylation sites (tertiary alicyclic amines) is 1. The summed E-state index contributed by atoms with van der Waals surface area (Å²) >= 11 is 0. The maximum absolute atomic E-state index is 12.4. The van der Waals surface area contributed by atoms with Crippen molar-refractivity contribution in [1.82, 2.24) is 19.8 Å². The highest BCUT2D eigenvalue weighted by Gasteiger charge is 2.26. The Morgan fingerprint density at radius 1 is 1.35 bits per heavy atom. The molecule has 0 aliphatic carbocycles. The number of sulfonamides is 1. The fourth-order valence-electron chi connectivity index (χ4n) is 3.41. The molecule has 1 atom stereocenters. The quantitative estimate of drug-likeness (QED) is 0.752. The van der Waals surface area contributed by atoms with Crippen molar-refractivity contribution in [2.45, 2.75) is 30.7 Å². The van der Waals surface area contributed by atoms with Gasteiger partial charge in [0.1, 0.15) is 5.75 Å². The van der Waals surface area contributed by atoms with E-state index in [2.05, 4.69) is 31.8 Å². The van der Waals surface area contributed by atoms with Crippen LogP contribution >= 0.6 is 0 Å². The van der Waals surface area contributed by atoms with Gasteiger partial charge in [-0.2, -0.15) is 0 Å². The third-order valence-corrected chi connectivity index (χ3v) is 6.23. The molecule has 9 heteroatoms. The highest BCUT2D eigenvalue weighted by Crippen LogP contribution is 2.18. The first-order chi connectivity index (χ1) is 12.5. The molecule has 0 unspecified atom stereocenters. The number of nitrogens with zero attached hydrogens (tertiary/aromatic N) is 3. The molecule has 8 nitrogen and oxygen atoms in total. The van der Waals surface area contributed by atoms with Gasteiger partial charge in [0.05, 0.1) is 25.3 Å². The average Bonchev–Trinajstić information content (AvgIpc) is 3.10. The first-order valence-corrected chi connectivity index (χ1v) is 10.4. The highest BCUT2D eigenvalue weighted by molar-refractivity contribution is 7.90. The van der Waals surface area contributed by atoms with Crippen LogP contribution in [0.25, 0.3) is 0 Å². The standard InChI is InChI=1S/C17H27N5O3S/c1-3-22-10-4-5-14(22)11-21-12-18-17(19-13-21)20-26(23,24)16-8-6-15(25-2)7-9-16/h6-9,14H,3-5,10-13H2,1-2H3,(H2,18,19,20)/t14-/m0/s1. The average molecular weight is 382 g/mol. The molecule has 0 radical (unpaired) electrons. The lowest BCUT2D eigenvalue weighted by molar-refractivity contribution is 0.172. The SMILES string of the molecule is CCN1CCC[C@H]1CN1CN=C(NS(=O)(=O)c2ccc(OC)cc2)NC1. The molecule has 1 aromatic carbocycles. The Bertz CT molecular complexity index is 735. The minimum absolute atomic E-state index is 0.176. The molecule has 26 heavy (non-hydrogen) atoms. The van der Waals surface area contributed by atoms with Crippen molar-refractivity contribution < 1.29 is 13.2 Å². The molecule has 0 saturated carbocycles. The number of guanidine groups is 1. The van der Waals surface area contributed by atoms with Crippen molar-refractivity contribution in [3.63, 3.8) is 0 Å². The molecular formula is C17H27N5O3S. The second-order valence-corrected chi connectivity index (χ2v) is 8.22. The van der Waals surface area contributed by atoms with Crippen LogP contribution in [0.4, 0.5) is 0 Å². The zero-order valence-electron chi connectivity index (χ0n) is 15.3. The first kappa shape index (κ1) is 18.9. The number of hydrogen-bond acceptors (Lipinski definition) is 7. The Balaban J connectivity index is 1.56. The predicted octanol–water partition coefficient (Wildman–Crippen LogP) is 0.634. The lowest BCUT2D eigenvalue weighted by Crippen LogP contribution is -2.52. The normalized spacial score (nSPS) is 21.9. The number of likely N-dealkylation sites (N-methyl/N-ethyl adjacent to an activating group) is 1. The summed E-state index contributed by atoms with van der Waals surface area (Å²) in [6.07, 6.45) is 2.46. The van der Waals surface area contributed by atoms with Crippen LogP contribution in [0.15, 0.2) is 34.2 Å². The van der Waals surface area contributed by atoms with E-state index in [0.29, 0.717) is 25.1 Å². The zero-order chi connectivity index (χ0) is 18.6. The Morgan fingerprint density at radius 2 is 2.12 bits per heavy atom. The van der Waals surface area contributed by atoms with Gasteiger partial charge >= 0.3 is 0 Å². The zero-order valence-corrected chi connectivity index (χ0v) is 16.1. The number of aliphatic imine (C=N–C) groups is 1. The van der Waals surface area contributed by atoms with Crippen molar-refractivity contribution in [3.8, 4) is 5.75 Å². The Labute approximate surface area is 155 Å². The van der Waals surface area contributed by atoms with Crippen LogP contribution in [0.3, 0.4) is 0 Å². The lowest BCUT2D eigenvalue weighted by atomic mass is 10.2. The maximum Gasteiger partial charge on any atom is 0.264 e. The van der Waals surface area contributed by atoms with Crippen LogP contribution in [0.2, 0.25) is 0 Å². The van der Waals surface area contributed by atoms with Crippen LogP contribution in [0, 0.1) is 0 Å². The Hall–Kier alpha value is -1.84. The van der Waals surface area contributed by atoms with Crippen molar-refractivity contribution in [2.24, 2.45) is 4.99 Å². The predicted molar refractivity (Wildman–Crippen MR) is 101 cm³/mol. The molecule has 2 aliphatic rings. The molecule has 2 N–H and O–H groups in total. The van der Waals surface area contributed by atoms with E-state index < -0.39 is 10.0 Å². The van der Waals surface area contributed by atoms with Crippen LogP contribution in [-0.2, 0) is 10.0 Å². The molecule has 2 aliphatic heterocycles. The van der Waals surface area contributed by atoms with Gasteiger partial charge in [-0.05, 0) is 50.2 Å². The molecule has 1 saturated heterocycles. The highest BCUT2D eigenvalue weighted by atomic mass is 32.2. The van der Waals surface area contributed by atoms with E-state index in [1.807, 2.05) is 0 Å². The number of rotatable bonds is 6. The summed E-state index contributed by atoms with van der Waals surface area (Å²) in [7, 11) is -2.12. The Morgan fingerprint density at radius 3 is 2.73 bits per heavy atom. The van der Waals surface area contributed by atoms with Gasteiger partial charge in [0, 0.05) is 12.6 Å². The fraction of sp³-hybridized carbons (Fsp3) is 0.588. The molecule has 0 spiro atoms. The van der Waals surface area contributed by atoms with Crippen molar-refractivity contribution in [2.75, 3.05) is 40.1 Å². The molecule has 2 heterocycles. The molecule has 1 fully saturated rings. The van der Waals surface area contributed by atoms with Crippen molar-refractivity contribution in [1.29, 1.82) is 0 Å². The van der Waals surface area contributed by atoms with Crippen LogP contribution in [0.1, 0.15) is 19.8 Å². The van der Waals surface area contributed by atoms with Gasteiger partial charge in [-0.25, -0.2) is 18.1 Å². The van der Waals surface area contributed by atoms with Crippen LogP contribution in [-0.4, -0.2) is 70.3 Å². The largest absolute Gasteiger partial charge is 0.497 e. The van der Waals surface area contributed by atoms with E-state index in [9.17, 15) is 8.42 Å². The third kappa shape index (κ3) is 4.46. The summed E-state index contributed by atoms with van der Waals surface area (Å²) in [6, 6.07) is 6.82. The van der Waals surface area contributed by atoms with Gasteiger partial charge in [-0.15, -0.1) is 0 Å². The van der Waals surface area contributed by atoms with Crippen LogP contribution in [0.5, 0.6) is 5.75 Å². The van der Waals surface area contributed by atoms with Crippen molar-refractivity contribution >= 4 is 16.0 Å². The van der Waals surface area contributed by atoms with Gasteiger partial charge < -0.3 is 10.1 Å². The smallest absolute Gasteiger partial charge is 0.264 e. The van der Waals surface area contributed by atoms with E-state index in [1.165, 1.54) is 31.5 Å². The van der Waals surface area contributed by atoms with Gasteiger partial charge in [0.2, 0.25) is 5.96 Å². The summed E-state index contributed by atoms with van der Waals surface area (Å²) < 4.78 is 32.5. The summed E-state index contributed by atoms with van der Waals surface area (Å²) in [5.41, 5.74) is 0. The van der Waals surface area contributed by atoms with Crippen molar-refractivity contribution in [3.05, 3.63) is 24.3 Å². The summed E-state index contributed by atoms with van der Waals surface area (Å²) in [5, 5.41) is 3.07. The van der Waals surface area contributed by atoms with E-state index in [1.54, 1.807) is 19.2 Å². The maximum atomic E-state index is 12.4. The topological polar surface area (TPSA) is 86.3 Å². The summed E-state index contributed by atoms with van der Waals surface area (Å²) in [4.78, 5) is 9.21. The molecule has 0 aromatic heterocycles. The van der Waals surface area contributed by atoms with Gasteiger partial charge in [-0.1, -0.05) is 6.92 Å². The minimum Gasteiger partial charge on any atom is -0.497 e. The van der Waals surface area contributed by atoms with E-state index in [-0.39, 0.29) is 10.9 Å². The number of ether oxygens (including phenoxy) is 1. The number of benzene rings is 1. The van der Waals surface area contributed by atoms with Gasteiger partial charge in [0.15, 0.2) is 0 Å². The van der Waals surface area contributed by atoms with Gasteiger partial charge in [0.25, 0.3) is 10.0 Å². The molecule has 0 amide bonds. The molecule has 0 bridgehead atoms. The summed E-state index contributed by atoms with van der Waals surface area (Å²) in [6.45, 7) is 6.44. The fourth-order valence-corrected chi connectivity index (χ4v) is 4.41. The number of hydrogen-bond donors (Lipinski definition) is 2. The lowest BCUT2D eigenvalue weighted by Gasteiger charge is -2.32. The van der Waals surface area contributed by atoms with E-state index >= 15 is 0 Å². The molecule has 144 valence electrons. The molecule has 1 aromatic rings. The third-order valence-electron chi connectivity index (χ3n) is 4.87. The second kappa shape index (κ2) is 8.24. The minimum atomic E-state index is -3.66. The number of methoxy groups -OCH3 is 1. The molecular weight excluding hydrogens is 354 g/mol. The van der Waals surface area contributed by atoms with Crippen LogP contribution < -0.4 is 14.8 Å². The summed E-state index contributed by atoms with van der Waals surface area (Å²) in [5.74, 6) is 0.900. The van der Waals surface area contributed by atoms with E-state index in [0.717, 1.165) is 13.1 Å². The second-order valence-electron chi connectivity index (χ2n) is 6.54. The Kier molecular flexibility index (Phi) is 6.00. The number of nitrogens with one attached hydrogen (secondary N) is 2. The monoisotopic (exact) mass is 381 g/mol.